The average molecular weight is 505 g/mol. The number of carbonyl (C=O) groups excluding carboxylic acids is 1. The molecule has 3 N–H and O–H groups in total. The molecule has 0 fully saturated rings. The van der Waals surface area contributed by atoms with Gasteiger partial charge in [-0.2, -0.15) is 0 Å². The van der Waals surface area contributed by atoms with Gasteiger partial charge in [0.2, 0.25) is 5.91 Å². The zero-order valence-electron chi connectivity index (χ0n) is 16.0. The molecule has 0 atom stereocenters. The molecule has 1 aromatic heterocycles. The van der Waals surface area contributed by atoms with Gasteiger partial charge in [0.1, 0.15) is 24.9 Å². The van der Waals surface area contributed by atoms with Crippen molar-refractivity contribution < 1.29 is 18.7 Å². The Morgan fingerprint density at radius 3 is 2.65 bits per heavy atom. The molecule has 0 radical (unpaired) electrons. The van der Waals surface area contributed by atoms with E-state index in [9.17, 15) is 9.18 Å². The second kappa shape index (κ2) is 8.95. The van der Waals surface area contributed by atoms with Gasteiger partial charge in [-0.05, 0) is 48.5 Å². The number of nitrogens with two attached hydrogens (primary N) is 1. The number of amides is 1. The fourth-order valence-electron chi connectivity index (χ4n) is 2.94. The number of imidazole rings is 1. The van der Waals surface area contributed by atoms with Crippen LogP contribution < -0.4 is 15.2 Å². The van der Waals surface area contributed by atoms with Gasteiger partial charge < -0.3 is 20.2 Å². The quantitative estimate of drug-likeness (QED) is 0.354. The normalized spacial score (nSPS) is 10.9. The van der Waals surface area contributed by atoms with Crippen molar-refractivity contribution in [1.29, 1.82) is 0 Å². The fourth-order valence-corrected chi connectivity index (χ4v) is 3.44. The van der Waals surface area contributed by atoms with Crippen LogP contribution in [-0.2, 0) is 13.2 Å². The molecule has 0 bridgehead atoms. The van der Waals surface area contributed by atoms with Crippen molar-refractivity contribution in [1.82, 2.24) is 9.97 Å². The first-order valence-corrected chi connectivity index (χ1v) is 10.3. The van der Waals surface area contributed by atoms with E-state index < -0.39 is 11.7 Å². The van der Waals surface area contributed by atoms with Crippen LogP contribution in [0.3, 0.4) is 0 Å². The lowest BCUT2D eigenvalue weighted by Crippen LogP contribution is -2.11. The monoisotopic (exact) mass is 503 g/mol. The number of primary amides is 1. The maximum absolute atomic E-state index is 14.1. The fraction of sp³-hybridized carbons (Fsp3) is 0.0909. The standard InChI is InChI=1S/C22H16BrClFN3O3/c23-14-3-1-13(16(25)8-14)10-30-20-7-12(22(26)29)2-6-19(20)31-11-21-27-17-5-4-15(24)9-18(17)28-21/h1-9H,10-11H2,(H2,26,29)(H,27,28). The highest BCUT2D eigenvalue weighted by Crippen LogP contribution is 2.30. The van der Waals surface area contributed by atoms with E-state index >= 15 is 0 Å². The van der Waals surface area contributed by atoms with Gasteiger partial charge in [0, 0.05) is 20.6 Å². The van der Waals surface area contributed by atoms with Crippen LogP contribution in [0.2, 0.25) is 5.02 Å². The lowest BCUT2D eigenvalue weighted by molar-refractivity contribution is 0.0999. The summed E-state index contributed by atoms with van der Waals surface area (Å²) in [4.78, 5) is 19.2. The molecule has 0 aliphatic carbocycles. The zero-order chi connectivity index (χ0) is 22.0. The zero-order valence-corrected chi connectivity index (χ0v) is 18.3. The van der Waals surface area contributed by atoms with E-state index in [2.05, 4.69) is 25.9 Å². The molecular weight excluding hydrogens is 489 g/mol. The molecule has 4 rings (SSSR count). The maximum Gasteiger partial charge on any atom is 0.248 e. The molecule has 0 saturated carbocycles. The summed E-state index contributed by atoms with van der Waals surface area (Å²) in [7, 11) is 0. The van der Waals surface area contributed by atoms with Crippen LogP contribution in [0.4, 0.5) is 4.39 Å². The number of nitrogens with zero attached hydrogens (tertiary/aromatic N) is 1. The molecule has 31 heavy (non-hydrogen) atoms. The van der Waals surface area contributed by atoms with Gasteiger partial charge in [0.05, 0.1) is 11.0 Å². The van der Waals surface area contributed by atoms with Gasteiger partial charge in [-0.25, -0.2) is 9.37 Å². The van der Waals surface area contributed by atoms with Crippen LogP contribution in [0.15, 0.2) is 59.1 Å². The highest BCUT2D eigenvalue weighted by atomic mass is 79.9. The Bertz CT molecular complexity index is 1280. The third-order valence-corrected chi connectivity index (χ3v) is 5.21. The van der Waals surface area contributed by atoms with E-state index in [1.54, 1.807) is 36.4 Å². The number of ether oxygens (including phenoxy) is 2. The average Bonchev–Trinajstić information content (AvgIpc) is 3.13. The Hall–Kier alpha value is -3.10. The summed E-state index contributed by atoms with van der Waals surface area (Å²) in [6.07, 6.45) is 0. The van der Waals surface area contributed by atoms with Gasteiger partial charge in [-0.15, -0.1) is 0 Å². The molecule has 9 heteroatoms. The Morgan fingerprint density at radius 1 is 1.06 bits per heavy atom. The van der Waals surface area contributed by atoms with Crippen LogP contribution in [0.25, 0.3) is 11.0 Å². The summed E-state index contributed by atoms with van der Waals surface area (Å²) in [5.41, 5.74) is 7.52. The molecule has 158 valence electrons. The number of hydrogen-bond acceptors (Lipinski definition) is 4. The van der Waals surface area contributed by atoms with Gasteiger partial charge in [0.25, 0.3) is 0 Å². The topological polar surface area (TPSA) is 90.2 Å². The molecule has 0 spiro atoms. The van der Waals surface area contributed by atoms with Crippen LogP contribution in [-0.4, -0.2) is 15.9 Å². The van der Waals surface area contributed by atoms with Crippen molar-refractivity contribution in [3.05, 3.63) is 86.9 Å². The second-order valence-electron chi connectivity index (χ2n) is 6.68. The van der Waals surface area contributed by atoms with Crippen LogP contribution in [0, 0.1) is 5.82 Å². The summed E-state index contributed by atoms with van der Waals surface area (Å²) >= 11 is 9.22. The van der Waals surface area contributed by atoms with Crippen molar-refractivity contribution in [2.75, 3.05) is 0 Å². The van der Waals surface area contributed by atoms with E-state index in [0.717, 1.165) is 11.0 Å². The molecule has 0 aliphatic heterocycles. The summed E-state index contributed by atoms with van der Waals surface area (Å²) < 4.78 is 26.4. The van der Waals surface area contributed by atoms with Crippen molar-refractivity contribution in [2.45, 2.75) is 13.2 Å². The summed E-state index contributed by atoms with van der Waals surface area (Å²) in [5, 5.41) is 0.599. The maximum atomic E-state index is 14.1. The first kappa shape index (κ1) is 21.1. The summed E-state index contributed by atoms with van der Waals surface area (Å²) in [6, 6.07) is 14.6. The van der Waals surface area contributed by atoms with Gasteiger partial charge in [0.15, 0.2) is 11.5 Å². The number of fused-ring (bicyclic) bond motifs is 1. The minimum Gasteiger partial charge on any atom is -0.485 e. The molecule has 4 aromatic rings. The highest BCUT2D eigenvalue weighted by Gasteiger charge is 2.13. The number of H-pyrrole nitrogens is 1. The molecule has 6 nitrogen and oxygen atoms in total. The Balaban J connectivity index is 1.54. The largest absolute Gasteiger partial charge is 0.485 e. The van der Waals surface area contributed by atoms with Gasteiger partial charge >= 0.3 is 0 Å². The number of carbonyl (C=O) groups is 1. The number of rotatable bonds is 7. The summed E-state index contributed by atoms with van der Waals surface area (Å²) in [5.74, 6) is 0.184. The molecule has 0 saturated heterocycles. The van der Waals surface area contributed by atoms with Crippen molar-refractivity contribution in [3.8, 4) is 11.5 Å². The Labute approximate surface area is 190 Å². The molecule has 1 amide bonds. The molecular formula is C22H16BrClFN3O3. The first-order valence-electron chi connectivity index (χ1n) is 9.16. The van der Waals surface area contributed by atoms with Crippen molar-refractivity contribution in [3.63, 3.8) is 0 Å². The van der Waals surface area contributed by atoms with E-state index in [1.807, 2.05) is 0 Å². The van der Waals surface area contributed by atoms with Gasteiger partial charge in [-0.3, -0.25) is 4.79 Å². The number of halogens is 3. The number of aromatic nitrogens is 2. The van der Waals surface area contributed by atoms with Crippen molar-refractivity contribution in [2.24, 2.45) is 5.73 Å². The van der Waals surface area contributed by atoms with Crippen molar-refractivity contribution >= 4 is 44.5 Å². The second-order valence-corrected chi connectivity index (χ2v) is 8.04. The lowest BCUT2D eigenvalue weighted by Gasteiger charge is -2.13. The number of hydrogen-bond donors (Lipinski definition) is 2. The highest BCUT2D eigenvalue weighted by molar-refractivity contribution is 9.10. The van der Waals surface area contributed by atoms with E-state index in [1.165, 1.54) is 18.2 Å². The third-order valence-electron chi connectivity index (χ3n) is 4.48. The summed E-state index contributed by atoms with van der Waals surface area (Å²) in [6.45, 7) is 0.0616. The SMILES string of the molecule is NC(=O)c1ccc(OCc2nc3ccc(Cl)cc3[nH]2)c(OCc2ccc(Br)cc2F)c1. The molecule has 3 aromatic carbocycles. The number of nitrogens with one attached hydrogen (secondary N) is 1. The van der Waals surface area contributed by atoms with Gasteiger partial charge in [-0.1, -0.05) is 33.6 Å². The smallest absolute Gasteiger partial charge is 0.248 e. The lowest BCUT2D eigenvalue weighted by atomic mass is 10.2. The molecule has 0 aliphatic rings. The van der Waals surface area contributed by atoms with E-state index in [0.29, 0.717) is 26.6 Å². The number of aromatic amines is 1. The Morgan fingerprint density at radius 2 is 1.87 bits per heavy atom. The first-order chi connectivity index (χ1) is 14.9. The predicted octanol–water partition coefficient (Wildman–Crippen LogP) is 5.37. The van der Waals surface area contributed by atoms with Crippen LogP contribution in [0.1, 0.15) is 21.7 Å². The minimum atomic E-state index is -0.611. The third kappa shape index (κ3) is 4.98. The molecule has 0 unspecified atom stereocenters. The minimum absolute atomic E-state index is 0.0547. The van der Waals surface area contributed by atoms with E-state index in [4.69, 9.17) is 26.8 Å². The number of benzene rings is 3. The van der Waals surface area contributed by atoms with E-state index in [-0.39, 0.29) is 24.5 Å². The predicted molar refractivity (Wildman–Crippen MR) is 119 cm³/mol. The molecule has 1 heterocycles. The van der Waals surface area contributed by atoms with Crippen LogP contribution >= 0.6 is 27.5 Å². The van der Waals surface area contributed by atoms with Crippen LogP contribution in [0.5, 0.6) is 11.5 Å². The Kier molecular flexibility index (Phi) is 6.11.